The Morgan fingerprint density at radius 3 is 3.12 bits per heavy atom. The van der Waals surface area contributed by atoms with E-state index in [-0.39, 0.29) is 0 Å². The molecular formula is C13H23NOS. The predicted molar refractivity (Wildman–Crippen MR) is 71.1 cm³/mol. The maximum atomic E-state index is 5.90. The molecule has 3 heteroatoms. The maximum Gasteiger partial charge on any atom is 0.0856 e. The van der Waals surface area contributed by atoms with Crippen molar-refractivity contribution in [3.05, 3.63) is 11.6 Å². The van der Waals surface area contributed by atoms with Crippen molar-refractivity contribution in [1.82, 2.24) is 5.32 Å². The van der Waals surface area contributed by atoms with Gasteiger partial charge in [-0.3, -0.25) is 0 Å². The van der Waals surface area contributed by atoms with Crippen LogP contribution >= 0.6 is 11.8 Å². The highest BCUT2D eigenvalue weighted by Gasteiger charge is 2.26. The molecule has 2 unspecified atom stereocenters. The van der Waals surface area contributed by atoms with E-state index in [9.17, 15) is 0 Å². The van der Waals surface area contributed by atoms with Gasteiger partial charge in [0, 0.05) is 11.5 Å². The molecule has 16 heavy (non-hydrogen) atoms. The van der Waals surface area contributed by atoms with Gasteiger partial charge in [-0.2, -0.15) is 11.8 Å². The second kappa shape index (κ2) is 6.67. The summed E-state index contributed by atoms with van der Waals surface area (Å²) in [5, 5.41) is 3.46. The highest BCUT2D eigenvalue weighted by molar-refractivity contribution is 7.99. The lowest BCUT2D eigenvalue weighted by atomic mass is 9.98. The smallest absolute Gasteiger partial charge is 0.0856 e. The third-order valence-corrected chi connectivity index (χ3v) is 4.52. The molecule has 0 saturated carbocycles. The summed E-state index contributed by atoms with van der Waals surface area (Å²) in [6.45, 7) is 0.917. The lowest BCUT2D eigenvalue weighted by Gasteiger charge is -2.31. The van der Waals surface area contributed by atoms with Crippen molar-refractivity contribution in [1.29, 1.82) is 0 Å². The molecular weight excluding hydrogens is 218 g/mol. The van der Waals surface area contributed by atoms with Gasteiger partial charge in [-0.1, -0.05) is 18.1 Å². The third-order valence-electron chi connectivity index (χ3n) is 3.50. The first kappa shape index (κ1) is 12.5. The lowest BCUT2D eigenvalue weighted by Crippen LogP contribution is -2.44. The van der Waals surface area contributed by atoms with Crippen LogP contribution in [0.1, 0.15) is 32.1 Å². The number of hydrogen-bond acceptors (Lipinski definition) is 3. The second-order valence-corrected chi connectivity index (χ2v) is 5.78. The van der Waals surface area contributed by atoms with Crippen LogP contribution < -0.4 is 5.32 Å². The van der Waals surface area contributed by atoms with E-state index in [0.717, 1.165) is 18.1 Å². The zero-order valence-corrected chi connectivity index (χ0v) is 11.0. The molecule has 2 atom stereocenters. The highest BCUT2D eigenvalue weighted by atomic mass is 32.2. The molecule has 2 rings (SSSR count). The topological polar surface area (TPSA) is 21.3 Å². The summed E-state index contributed by atoms with van der Waals surface area (Å²) in [6.07, 6.45) is 9.45. The van der Waals surface area contributed by atoms with Crippen LogP contribution in [0.3, 0.4) is 0 Å². The molecule has 0 amide bonds. The molecule has 1 aliphatic heterocycles. The molecule has 2 nitrogen and oxygen atoms in total. The van der Waals surface area contributed by atoms with Gasteiger partial charge >= 0.3 is 0 Å². The fraction of sp³-hybridized carbons (Fsp3) is 0.846. The molecule has 1 saturated heterocycles. The van der Waals surface area contributed by atoms with Gasteiger partial charge in [0.2, 0.25) is 0 Å². The zero-order chi connectivity index (χ0) is 11.2. The van der Waals surface area contributed by atoms with E-state index in [1.165, 1.54) is 32.1 Å². The van der Waals surface area contributed by atoms with E-state index in [0.29, 0.717) is 12.1 Å². The van der Waals surface area contributed by atoms with Crippen molar-refractivity contribution in [3.63, 3.8) is 0 Å². The van der Waals surface area contributed by atoms with E-state index in [4.69, 9.17) is 4.74 Å². The Bertz CT molecular complexity index is 236. The Labute approximate surface area is 103 Å². The second-order valence-electron chi connectivity index (χ2n) is 4.63. The molecule has 92 valence electrons. The first-order valence-electron chi connectivity index (χ1n) is 6.47. The van der Waals surface area contributed by atoms with Crippen LogP contribution in [-0.4, -0.2) is 37.3 Å². The van der Waals surface area contributed by atoms with Crippen LogP contribution in [-0.2, 0) is 4.74 Å². The molecule has 0 aromatic heterocycles. The summed E-state index contributed by atoms with van der Waals surface area (Å²) in [6, 6.07) is 0.450. The molecule has 0 bridgehead atoms. The fourth-order valence-corrected chi connectivity index (χ4v) is 3.53. The molecule has 0 spiro atoms. The largest absolute Gasteiger partial charge is 0.375 e. The minimum absolute atomic E-state index is 0.382. The Balaban J connectivity index is 1.98. The third kappa shape index (κ3) is 3.25. The van der Waals surface area contributed by atoms with E-state index >= 15 is 0 Å². The van der Waals surface area contributed by atoms with Crippen molar-refractivity contribution >= 4 is 11.8 Å². The first-order chi connectivity index (χ1) is 7.92. The molecule has 1 aliphatic carbocycles. The van der Waals surface area contributed by atoms with Crippen molar-refractivity contribution in [2.45, 2.75) is 44.2 Å². The zero-order valence-electron chi connectivity index (χ0n) is 10.2. The fourth-order valence-electron chi connectivity index (χ4n) is 2.63. The number of hydrogen-bond donors (Lipinski definition) is 1. The summed E-state index contributed by atoms with van der Waals surface area (Å²) in [5.74, 6) is 2.30. The van der Waals surface area contributed by atoms with Gasteiger partial charge in [-0.15, -0.1) is 0 Å². The minimum Gasteiger partial charge on any atom is -0.375 e. The van der Waals surface area contributed by atoms with Gasteiger partial charge in [-0.05, 0) is 32.7 Å². The number of nitrogens with one attached hydrogen (secondary N) is 1. The molecule has 1 N–H and O–H groups in total. The van der Waals surface area contributed by atoms with Gasteiger partial charge < -0.3 is 10.1 Å². The number of thioether (sulfide) groups is 1. The Hall–Kier alpha value is 0.01000. The number of ether oxygens (including phenoxy) is 1. The van der Waals surface area contributed by atoms with E-state index < -0.39 is 0 Å². The molecule has 0 aromatic rings. The van der Waals surface area contributed by atoms with Gasteiger partial charge in [0.05, 0.1) is 18.8 Å². The van der Waals surface area contributed by atoms with Crippen LogP contribution in [0, 0.1) is 0 Å². The molecule has 2 aliphatic rings. The molecule has 0 radical (unpaired) electrons. The average Bonchev–Trinajstić information content (AvgIpc) is 2.61. The van der Waals surface area contributed by atoms with E-state index in [2.05, 4.69) is 18.4 Å². The highest BCUT2D eigenvalue weighted by Crippen LogP contribution is 2.25. The van der Waals surface area contributed by atoms with Gasteiger partial charge in [0.15, 0.2) is 0 Å². The number of allylic oxidation sites excluding steroid dienone is 1. The quantitative estimate of drug-likeness (QED) is 0.767. The lowest BCUT2D eigenvalue weighted by molar-refractivity contribution is 0.0570. The Morgan fingerprint density at radius 1 is 1.44 bits per heavy atom. The standard InChI is InChI=1S/C13H23NOS/c1-14-13(12-10-16-9-8-15-12)11-6-4-2-3-5-7-11/h6,12-14H,2-5,7-10H2,1H3. The first-order valence-corrected chi connectivity index (χ1v) is 7.63. The van der Waals surface area contributed by atoms with Crippen LogP contribution in [0.4, 0.5) is 0 Å². The molecule has 1 fully saturated rings. The normalized spacial score (nSPS) is 29.3. The summed E-state index contributed by atoms with van der Waals surface area (Å²) in [4.78, 5) is 0. The summed E-state index contributed by atoms with van der Waals surface area (Å²) < 4.78 is 5.90. The SMILES string of the molecule is CNC(C1=CCCCCC1)C1CSCCO1. The summed E-state index contributed by atoms with van der Waals surface area (Å²) >= 11 is 2.02. The number of rotatable bonds is 3. The van der Waals surface area contributed by atoms with E-state index in [1.54, 1.807) is 5.57 Å². The van der Waals surface area contributed by atoms with E-state index in [1.807, 2.05) is 11.8 Å². The Morgan fingerprint density at radius 2 is 2.38 bits per heavy atom. The van der Waals surface area contributed by atoms with Crippen molar-refractivity contribution in [2.75, 3.05) is 25.2 Å². The monoisotopic (exact) mass is 241 g/mol. The van der Waals surface area contributed by atoms with Crippen molar-refractivity contribution in [3.8, 4) is 0 Å². The van der Waals surface area contributed by atoms with Crippen molar-refractivity contribution < 1.29 is 4.74 Å². The number of likely N-dealkylation sites (N-methyl/N-ethyl adjacent to an activating group) is 1. The van der Waals surface area contributed by atoms with Crippen LogP contribution in [0.5, 0.6) is 0 Å². The van der Waals surface area contributed by atoms with Gasteiger partial charge in [-0.25, -0.2) is 0 Å². The van der Waals surface area contributed by atoms with Gasteiger partial charge in [0.25, 0.3) is 0 Å². The maximum absolute atomic E-state index is 5.90. The molecule has 0 aromatic carbocycles. The Kier molecular flexibility index (Phi) is 5.20. The summed E-state index contributed by atoms with van der Waals surface area (Å²) in [7, 11) is 2.07. The average molecular weight is 241 g/mol. The van der Waals surface area contributed by atoms with Crippen LogP contribution in [0.25, 0.3) is 0 Å². The molecule has 1 heterocycles. The minimum atomic E-state index is 0.382. The van der Waals surface area contributed by atoms with Crippen LogP contribution in [0.2, 0.25) is 0 Å². The van der Waals surface area contributed by atoms with Crippen LogP contribution in [0.15, 0.2) is 11.6 Å². The predicted octanol–water partition coefficient (Wildman–Crippen LogP) is 2.60. The van der Waals surface area contributed by atoms with Gasteiger partial charge in [0.1, 0.15) is 0 Å². The summed E-state index contributed by atoms with van der Waals surface area (Å²) in [5.41, 5.74) is 1.59. The van der Waals surface area contributed by atoms with Crippen molar-refractivity contribution in [2.24, 2.45) is 0 Å².